The van der Waals surface area contributed by atoms with Crippen molar-refractivity contribution in [1.29, 1.82) is 5.26 Å². The van der Waals surface area contributed by atoms with E-state index in [-0.39, 0.29) is 6.03 Å². The van der Waals surface area contributed by atoms with Crippen molar-refractivity contribution in [1.82, 2.24) is 9.88 Å². The molecule has 5 heteroatoms. The maximum atomic E-state index is 12.1. The maximum absolute atomic E-state index is 12.1. The number of urea groups is 1. The molecule has 0 radical (unpaired) electrons. The molecule has 0 spiro atoms. The van der Waals surface area contributed by atoms with E-state index in [9.17, 15) is 4.79 Å². The quantitative estimate of drug-likeness (QED) is 0.775. The number of likely N-dealkylation sites (tertiary alicyclic amines) is 1. The highest BCUT2D eigenvalue weighted by Crippen LogP contribution is 2.16. The lowest BCUT2D eigenvalue weighted by Gasteiger charge is -2.35. The molecule has 88 valence electrons. The Hall–Kier alpha value is -2.09. The van der Waals surface area contributed by atoms with E-state index in [1.165, 1.54) is 6.20 Å². The van der Waals surface area contributed by atoms with Crippen LogP contribution in [0.2, 0.25) is 0 Å². The molecule has 0 bridgehead atoms. The van der Waals surface area contributed by atoms with Crippen molar-refractivity contribution in [2.24, 2.45) is 0 Å². The van der Waals surface area contributed by atoms with Crippen LogP contribution in [0.25, 0.3) is 0 Å². The molecular weight excluding hydrogens is 216 g/mol. The Morgan fingerprint density at radius 3 is 2.76 bits per heavy atom. The van der Waals surface area contributed by atoms with Crippen molar-refractivity contribution >= 4 is 11.8 Å². The molecule has 17 heavy (non-hydrogen) atoms. The number of pyridine rings is 1. The van der Waals surface area contributed by atoms with Crippen LogP contribution < -0.4 is 4.90 Å². The first kappa shape index (κ1) is 11.4. The molecule has 1 aromatic heterocycles. The zero-order chi connectivity index (χ0) is 12.3. The van der Waals surface area contributed by atoms with E-state index in [1.54, 1.807) is 21.9 Å². The molecule has 0 atom stereocenters. The van der Waals surface area contributed by atoms with Crippen molar-refractivity contribution in [3.8, 4) is 6.07 Å². The fourth-order valence-electron chi connectivity index (χ4n) is 1.69. The van der Waals surface area contributed by atoms with Crippen LogP contribution >= 0.6 is 0 Å². The third-order valence-electron chi connectivity index (χ3n) is 2.83. The van der Waals surface area contributed by atoms with Gasteiger partial charge in [-0.25, -0.2) is 9.78 Å². The topological polar surface area (TPSA) is 60.2 Å². The highest BCUT2D eigenvalue weighted by atomic mass is 16.2. The van der Waals surface area contributed by atoms with E-state index in [2.05, 4.69) is 4.98 Å². The van der Waals surface area contributed by atoms with Crippen LogP contribution in [0, 0.1) is 11.3 Å². The van der Waals surface area contributed by atoms with Crippen LogP contribution in [0.5, 0.6) is 0 Å². The normalized spacial score (nSPS) is 13.8. The van der Waals surface area contributed by atoms with E-state index < -0.39 is 0 Å². The number of aromatic nitrogens is 1. The van der Waals surface area contributed by atoms with Gasteiger partial charge in [0.15, 0.2) is 0 Å². The standard InChI is InChI=1S/C12H14N4O/c1-2-16(12(17)15-6-3-7-15)11-5-4-10(8-13)9-14-11/h4-5,9H,2-3,6-7H2,1H3. The first-order valence-electron chi connectivity index (χ1n) is 5.69. The smallest absolute Gasteiger partial charge is 0.324 e. The van der Waals surface area contributed by atoms with E-state index in [1.807, 2.05) is 13.0 Å². The third kappa shape index (κ3) is 2.21. The Morgan fingerprint density at radius 2 is 2.35 bits per heavy atom. The average molecular weight is 230 g/mol. The van der Waals surface area contributed by atoms with E-state index in [0.717, 1.165) is 19.5 Å². The molecule has 0 unspecified atom stereocenters. The summed E-state index contributed by atoms with van der Waals surface area (Å²) in [5.41, 5.74) is 0.501. The molecule has 2 heterocycles. The van der Waals surface area contributed by atoms with Crippen molar-refractivity contribution < 1.29 is 4.79 Å². The third-order valence-corrected chi connectivity index (χ3v) is 2.83. The van der Waals surface area contributed by atoms with Crippen LogP contribution in [0.3, 0.4) is 0 Å². The van der Waals surface area contributed by atoms with Gasteiger partial charge in [-0.3, -0.25) is 4.90 Å². The summed E-state index contributed by atoms with van der Waals surface area (Å²) in [7, 11) is 0. The van der Waals surface area contributed by atoms with Gasteiger partial charge in [0.05, 0.1) is 5.56 Å². The number of rotatable bonds is 2. The number of carbonyl (C=O) groups is 1. The number of amides is 2. The van der Waals surface area contributed by atoms with Gasteiger partial charge < -0.3 is 4.90 Å². The summed E-state index contributed by atoms with van der Waals surface area (Å²) in [6, 6.07) is 5.39. The molecule has 1 aliphatic heterocycles. The maximum Gasteiger partial charge on any atom is 0.325 e. The average Bonchev–Trinajstić information content (AvgIpc) is 2.28. The minimum absolute atomic E-state index is 0.00374. The van der Waals surface area contributed by atoms with Gasteiger partial charge in [-0.05, 0) is 25.5 Å². The van der Waals surface area contributed by atoms with Crippen molar-refractivity contribution in [2.45, 2.75) is 13.3 Å². The van der Waals surface area contributed by atoms with Crippen molar-refractivity contribution in [2.75, 3.05) is 24.5 Å². The molecule has 2 amide bonds. The monoisotopic (exact) mass is 230 g/mol. The molecule has 1 fully saturated rings. The predicted molar refractivity (Wildman–Crippen MR) is 63.6 cm³/mol. The van der Waals surface area contributed by atoms with Gasteiger partial charge in [0.25, 0.3) is 0 Å². The van der Waals surface area contributed by atoms with Gasteiger partial charge in [0.2, 0.25) is 0 Å². The van der Waals surface area contributed by atoms with Crippen molar-refractivity contribution in [3.63, 3.8) is 0 Å². The largest absolute Gasteiger partial charge is 0.325 e. The van der Waals surface area contributed by atoms with Gasteiger partial charge in [-0.15, -0.1) is 0 Å². The predicted octanol–water partition coefficient (Wildman–Crippen LogP) is 1.61. The van der Waals surface area contributed by atoms with Gasteiger partial charge in [0.1, 0.15) is 11.9 Å². The van der Waals surface area contributed by atoms with Gasteiger partial charge in [-0.1, -0.05) is 0 Å². The summed E-state index contributed by atoms with van der Waals surface area (Å²) in [6.07, 6.45) is 2.56. The first-order chi connectivity index (χ1) is 8.26. The summed E-state index contributed by atoms with van der Waals surface area (Å²) in [5.74, 6) is 0.600. The van der Waals surface area contributed by atoms with E-state index in [4.69, 9.17) is 5.26 Å². The second-order valence-electron chi connectivity index (χ2n) is 3.88. The fourth-order valence-corrected chi connectivity index (χ4v) is 1.69. The fraction of sp³-hybridized carbons (Fsp3) is 0.417. The summed E-state index contributed by atoms with van der Waals surface area (Å²) >= 11 is 0. The second kappa shape index (κ2) is 4.83. The lowest BCUT2D eigenvalue weighted by atomic mass is 10.2. The molecule has 5 nitrogen and oxygen atoms in total. The molecule has 0 saturated carbocycles. The summed E-state index contributed by atoms with van der Waals surface area (Å²) in [6.45, 7) is 4.14. The zero-order valence-corrected chi connectivity index (χ0v) is 9.76. The van der Waals surface area contributed by atoms with Crippen LogP contribution in [0.15, 0.2) is 18.3 Å². The van der Waals surface area contributed by atoms with E-state index >= 15 is 0 Å². The SMILES string of the molecule is CCN(C(=O)N1CCC1)c1ccc(C#N)cn1. The summed E-state index contributed by atoms with van der Waals surface area (Å²) in [5, 5.41) is 8.69. The molecule has 0 N–H and O–H groups in total. The number of nitriles is 1. The Kier molecular flexibility index (Phi) is 3.24. The summed E-state index contributed by atoms with van der Waals surface area (Å²) in [4.78, 5) is 19.6. The highest BCUT2D eigenvalue weighted by Gasteiger charge is 2.26. The zero-order valence-electron chi connectivity index (χ0n) is 9.76. The van der Waals surface area contributed by atoms with Gasteiger partial charge in [0, 0.05) is 25.8 Å². The van der Waals surface area contributed by atoms with Gasteiger partial charge in [-0.2, -0.15) is 5.26 Å². The van der Waals surface area contributed by atoms with E-state index in [0.29, 0.717) is 17.9 Å². The highest BCUT2D eigenvalue weighted by molar-refractivity contribution is 5.91. The minimum Gasteiger partial charge on any atom is -0.324 e. The lowest BCUT2D eigenvalue weighted by molar-refractivity contribution is 0.174. The van der Waals surface area contributed by atoms with Gasteiger partial charge >= 0.3 is 6.03 Å². The number of hydrogen-bond acceptors (Lipinski definition) is 3. The Bertz CT molecular complexity index is 445. The van der Waals surface area contributed by atoms with Crippen LogP contribution in [-0.4, -0.2) is 35.5 Å². The minimum atomic E-state index is -0.00374. The number of carbonyl (C=O) groups excluding carboxylic acids is 1. The summed E-state index contributed by atoms with van der Waals surface area (Å²) < 4.78 is 0. The number of anilines is 1. The second-order valence-corrected chi connectivity index (χ2v) is 3.88. The lowest BCUT2D eigenvalue weighted by Crippen LogP contribution is -2.50. The first-order valence-corrected chi connectivity index (χ1v) is 5.69. The number of hydrogen-bond donors (Lipinski definition) is 0. The molecule has 1 aromatic rings. The number of nitrogens with zero attached hydrogens (tertiary/aromatic N) is 4. The molecule has 0 aromatic carbocycles. The van der Waals surface area contributed by atoms with Crippen LogP contribution in [0.1, 0.15) is 18.9 Å². The Morgan fingerprint density at radius 1 is 1.59 bits per heavy atom. The molecule has 1 aliphatic rings. The molecular formula is C12H14N4O. The van der Waals surface area contributed by atoms with Crippen LogP contribution in [0.4, 0.5) is 10.6 Å². The van der Waals surface area contributed by atoms with Crippen LogP contribution in [-0.2, 0) is 0 Å². The Balaban J connectivity index is 2.16. The van der Waals surface area contributed by atoms with Crippen molar-refractivity contribution in [3.05, 3.63) is 23.9 Å². The molecule has 0 aliphatic carbocycles. The molecule has 2 rings (SSSR count). The Labute approximate surface area is 100 Å². The molecule has 1 saturated heterocycles.